The smallest absolute Gasteiger partial charge is 0.276 e. The Balaban J connectivity index is 1.69. The second-order valence-electron chi connectivity index (χ2n) is 7.19. The van der Waals surface area contributed by atoms with Crippen LogP contribution < -0.4 is 15.4 Å². The molecule has 2 aromatic carbocycles. The Hall–Kier alpha value is -3.75. The Labute approximate surface area is 177 Å². The second-order valence-corrected chi connectivity index (χ2v) is 7.19. The average molecular weight is 426 g/mol. The van der Waals surface area contributed by atoms with Gasteiger partial charge in [-0.3, -0.25) is 9.59 Å². The molecule has 3 aromatic rings. The fourth-order valence-electron chi connectivity index (χ4n) is 3.72. The van der Waals surface area contributed by atoms with Crippen molar-refractivity contribution in [2.75, 3.05) is 17.7 Å². The normalized spacial score (nSPS) is 12.4. The van der Waals surface area contributed by atoms with Gasteiger partial charge < -0.3 is 15.4 Å². The lowest BCUT2D eigenvalue weighted by atomic mass is 10.2. The predicted octanol–water partition coefficient (Wildman–Crippen LogP) is 3.86. The van der Waals surface area contributed by atoms with Crippen LogP contribution in [0.1, 0.15) is 35.1 Å². The summed E-state index contributed by atoms with van der Waals surface area (Å²) in [7, 11) is 1.47. The number of amides is 2. The zero-order valence-electron chi connectivity index (χ0n) is 17.0. The van der Waals surface area contributed by atoms with Crippen LogP contribution in [0.2, 0.25) is 0 Å². The van der Waals surface area contributed by atoms with Crippen LogP contribution in [-0.2, 0) is 17.6 Å². The summed E-state index contributed by atoms with van der Waals surface area (Å²) < 4.78 is 33.9. The van der Waals surface area contributed by atoms with Crippen molar-refractivity contribution in [1.29, 1.82) is 0 Å². The van der Waals surface area contributed by atoms with Gasteiger partial charge in [-0.1, -0.05) is 0 Å². The first-order valence-corrected chi connectivity index (χ1v) is 9.70. The molecule has 9 heteroatoms. The maximum Gasteiger partial charge on any atom is 0.276 e. The molecule has 0 aliphatic heterocycles. The molecule has 4 rings (SSSR count). The monoisotopic (exact) mass is 426 g/mol. The fourth-order valence-corrected chi connectivity index (χ4v) is 3.72. The zero-order chi connectivity index (χ0) is 22.1. The molecule has 2 N–H and O–H groups in total. The van der Waals surface area contributed by atoms with Gasteiger partial charge in [-0.25, -0.2) is 13.5 Å². The van der Waals surface area contributed by atoms with Crippen molar-refractivity contribution in [3.63, 3.8) is 0 Å². The summed E-state index contributed by atoms with van der Waals surface area (Å²) in [4.78, 5) is 24.4. The molecule has 0 spiro atoms. The molecule has 0 unspecified atom stereocenters. The third kappa shape index (κ3) is 3.98. The van der Waals surface area contributed by atoms with E-state index in [0.29, 0.717) is 35.7 Å². The van der Waals surface area contributed by atoms with Crippen LogP contribution in [0.3, 0.4) is 0 Å². The van der Waals surface area contributed by atoms with E-state index < -0.39 is 17.5 Å². The van der Waals surface area contributed by atoms with Gasteiger partial charge in [-0.05, 0) is 49.6 Å². The van der Waals surface area contributed by atoms with Gasteiger partial charge in [0.2, 0.25) is 5.91 Å². The second kappa shape index (κ2) is 8.17. The van der Waals surface area contributed by atoms with E-state index in [-0.39, 0.29) is 11.6 Å². The van der Waals surface area contributed by atoms with E-state index in [9.17, 15) is 18.4 Å². The molecule has 1 aromatic heterocycles. The summed E-state index contributed by atoms with van der Waals surface area (Å²) in [6, 6.07) is 8.39. The molecule has 0 fully saturated rings. The van der Waals surface area contributed by atoms with Crippen LogP contribution in [0, 0.1) is 11.6 Å². The van der Waals surface area contributed by atoms with Crippen molar-refractivity contribution < 1.29 is 23.1 Å². The van der Waals surface area contributed by atoms with Gasteiger partial charge in [0, 0.05) is 29.9 Å². The first-order valence-electron chi connectivity index (χ1n) is 9.70. The van der Waals surface area contributed by atoms with E-state index in [2.05, 4.69) is 15.7 Å². The first-order chi connectivity index (χ1) is 14.9. The summed E-state index contributed by atoms with van der Waals surface area (Å²) in [5, 5.41) is 9.84. The molecule has 31 heavy (non-hydrogen) atoms. The Morgan fingerprint density at radius 2 is 1.87 bits per heavy atom. The first kappa shape index (κ1) is 20.5. The van der Waals surface area contributed by atoms with Crippen LogP contribution in [0.25, 0.3) is 5.69 Å². The minimum atomic E-state index is -0.981. The van der Waals surface area contributed by atoms with E-state index >= 15 is 0 Å². The lowest BCUT2D eigenvalue weighted by molar-refractivity contribution is -0.114. The van der Waals surface area contributed by atoms with Gasteiger partial charge in [0.1, 0.15) is 5.75 Å². The molecule has 1 aliphatic rings. The van der Waals surface area contributed by atoms with E-state index in [0.717, 1.165) is 29.8 Å². The Morgan fingerprint density at radius 1 is 1.06 bits per heavy atom. The highest BCUT2D eigenvalue weighted by molar-refractivity contribution is 6.05. The highest BCUT2D eigenvalue weighted by Crippen LogP contribution is 2.31. The van der Waals surface area contributed by atoms with E-state index in [4.69, 9.17) is 4.74 Å². The number of nitrogens with zero attached hydrogens (tertiary/aromatic N) is 2. The molecule has 0 radical (unpaired) electrons. The van der Waals surface area contributed by atoms with Gasteiger partial charge in [-0.15, -0.1) is 0 Å². The number of hydrogen-bond donors (Lipinski definition) is 2. The number of rotatable bonds is 5. The lowest BCUT2D eigenvalue weighted by Crippen LogP contribution is -2.16. The standard InChI is InChI=1S/C22H20F2N4O3/c1-12(29)25-13-6-9-20(31-2)18(10-13)26-22(30)21-15-4-3-5-19(15)28(27-21)14-7-8-16(23)17(24)11-14/h6-11H,3-5H2,1-2H3,(H,25,29)(H,26,30). The molecule has 1 aliphatic carbocycles. The molecule has 0 bridgehead atoms. The average Bonchev–Trinajstić information content (AvgIpc) is 3.32. The molecule has 2 amide bonds. The number of methoxy groups -OCH3 is 1. The van der Waals surface area contributed by atoms with Crippen molar-refractivity contribution in [2.45, 2.75) is 26.2 Å². The van der Waals surface area contributed by atoms with Crippen LogP contribution in [0.5, 0.6) is 5.75 Å². The number of aromatic nitrogens is 2. The lowest BCUT2D eigenvalue weighted by Gasteiger charge is -2.12. The number of hydrogen-bond acceptors (Lipinski definition) is 4. The summed E-state index contributed by atoms with van der Waals surface area (Å²) >= 11 is 0. The summed E-state index contributed by atoms with van der Waals surface area (Å²) in [6.45, 7) is 1.39. The fraction of sp³-hybridized carbons (Fsp3) is 0.227. The number of carbonyl (C=O) groups excluding carboxylic acids is 2. The van der Waals surface area contributed by atoms with Gasteiger partial charge >= 0.3 is 0 Å². The van der Waals surface area contributed by atoms with Crippen molar-refractivity contribution in [2.24, 2.45) is 0 Å². The van der Waals surface area contributed by atoms with Crippen LogP contribution >= 0.6 is 0 Å². The number of anilines is 2. The molecule has 0 atom stereocenters. The Bertz CT molecular complexity index is 1190. The van der Waals surface area contributed by atoms with Gasteiger partial charge in [0.25, 0.3) is 5.91 Å². The van der Waals surface area contributed by atoms with Gasteiger partial charge in [-0.2, -0.15) is 5.10 Å². The number of benzene rings is 2. The molecule has 0 saturated heterocycles. The number of ether oxygens (including phenoxy) is 1. The molecule has 7 nitrogen and oxygen atoms in total. The largest absolute Gasteiger partial charge is 0.495 e. The summed E-state index contributed by atoms with van der Waals surface area (Å²) in [5.41, 5.74) is 3.01. The van der Waals surface area contributed by atoms with Crippen molar-refractivity contribution in [3.05, 3.63) is 65.0 Å². The number of carbonyl (C=O) groups is 2. The van der Waals surface area contributed by atoms with Crippen molar-refractivity contribution in [1.82, 2.24) is 9.78 Å². The molecule has 1 heterocycles. The molecular weight excluding hydrogens is 406 g/mol. The minimum Gasteiger partial charge on any atom is -0.495 e. The summed E-state index contributed by atoms with van der Waals surface area (Å²) in [5.74, 6) is -2.22. The number of fused-ring (bicyclic) bond motifs is 1. The quantitative estimate of drug-likeness (QED) is 0.649. The Kier molecular flexibility index (Phi) is 5.41. The highest BCUT2D eigenvalue weighted by Gasteiger charge is 2.27. The molecular formula is C22H20F2N4O3. The number of nitrogens with one attached hydrogen (secondary N) is 2. The Morgan fingerprint density at radius 3 is 2.58 bits per heavy atom. The molecule has 160 valence electrons. The van der Waals surface area contributed by atoms with E-state index in [1.165, 1.54) is 24.8 Å². The highest BCUT2D eigenvalue weighted by atomic mass is 19.2. The SMILES string of the molecule is COc1ccc(NC(C)=O)cc1NC(=O)c1nn(-c2ccc(F)c(F)c2)c2c1CCC2. The third-order valence-corrected chi connectivity index (χ3v) is 5.06. The number of halogens is 2. The van der Waals surface area contributed by atoms with Crippen molar-refractivity contribution in [3.8, 4) is 11.4 Å². The van der Waals surface area contributed by atoms with E-state index in [1.807, 2.05) is 0 Å². The van der Waals surface area contributed by atoms with Gasteiger partial charge in [0.15, 0.2) is 17.3 Å². The summed E-state index contributed by atoms with van der Waals surface area (Å²) in [6.07, 6.45) is 2.17. The molecule has 0 saturated carbocycles. The minimum absolute atomic E-state index is 0.212. The maximum absolute atomic E-state index is 13.7. The predicted molar refractivity (Wildman–Crippen MR) is 111 cm³/mol. The zero-order valence-corrected chi connectivity index (χ0v) is 17.0. The van der Waals surface area contributed by atoms with Crippen LogP contribution in [-0.4, -0.2) is 28.7 Å². The van der Waals surface area contributed by atoms with E-state index in [1.54, 1.807) is 18.2 Å². The van der Waals surface area contributed by atoms with Crippen LogP contribution in [0.15, 0.2) is 36.4 Å². The van der Waals surface area contributed by atoms with Crippen LogP contribution in [0.4, 0.5) is 20.2 Å². The third-order valence-electron chi connectivity index (χ3n) is 5.06. The van der Waals surface area contributed by atoms with Crippen molar-refractivity contribution >= 4 is 23.2 Å². The van der Waals surface area contributed by atoms with Gasteiger partial charge in [0.05, 0.1) is 18.5 Å². The maximum atomic E-state index is 13.7. The topological polar surface area (TPSA) is 85.2 Å².